The average Bonchev–Trinajstić information content (AvgIpc) is 3.29. The van der Waals surface area contributed by atoms with Crippen LogP contribution >= 0.6 is 11.6 Å². The molecule has 0 aliphatic carbocycles. The molecule has 1 aromatic heterocycles. The maximum absolute atomic E-state index is 13.7. The Morgan fingerprint density at radius 2 is 1.77 bits per heavy atom. The number of alkyl halides is 3. The van der Waals surface area contributed by atoms with E-state index in [1.54, 1.807) is 6.07 Å². The quantitative estimate of drug-likeness (QED) is 0.242. The highest BCUT2D eigenvalue weighted by atomic mass is 35.5. The molecule has 4 rings (SSSR count). The molecule has 40 heavy (non-hydrogen) atoms. The van der Waals surface area contributed by atoms with Gasteiger partial charge in [-0.2, -0.15) is 13.2 Å². The first kappa shape index (κ1) is 26.9. The van der Waals surface area contributed by atoms with Crippen molar-refractivity contribution in [2.24, 2.45) is 0 Å². The lowest BCUT2D eigenvalue weighted by Gasteiger charge is -2.17. The van der Waals surface area contributed by atoms with Crippen LogP contribution < -0.4 is 5.32 Å². The summed E-state index contributed by atoms with van der Waals surface area (Å²) >= 11 is 5.81. The number of hydrogen-bond acceptors (Lipinski definition) is 4. The Morgan fingerprint density at radius 3 is 2.38 bits per heavy atom. The minimum Gasteiger partial charge on any atom is -0.394 e. The topological polar surface area (TPSA) is 88.4 Å². The Morgan fingerprint density at radius 1 is 1.07 bits per heavy atom. The fourth-order valence-electron chi connectivity index (χ4n) is 4.52. The van der Waals surface area contributed by atoms with Gasteiger partial charge in [-0.3, -0.25) is 4.79 Å². The van der Waals surface area contributed by atoms with Crippen LogP contribution in [0, 0.1) is 0 Å². The minimum absolute atomic E-state index is 0.0682. The highest BCUT2D eigenvalue weighted by molar-refractivity contribution is 7.91. The summed E-state index contributed by atoms with van der Waals surface area (Å²) in [6.07, 6.45) is -4.91. The first-order chi connectivity index (χ1) is 19.5. The van der Waals surface area contributed by atoms with Crippen molar-refractivity contribution in [2.45, 2.75) is 43.9 Å². The molecule has 0 saturated heterocycles. The SMILES string of the molecule is [2H]C([2H])(C)n1c(Cc2ccc(Cl)cc2C(F)(F)F)cc2cc(C(=O)N[C@@H](CO)c3ccc(S(=O)(=O)CC)cc3)ccc21. The Bertz CT molecular complexity index is 1730. The van der Waals surface area contributed by atoms with Crippen molar-refractivity contribution in [1.29, 1.82) is 0 Å². The van der Waals surface area contributed by atoms with E-state index in [0.717, 1.165) is 6.07 Å². The summed E-state index contributed by atoms with van der Waals surface area (Å²) in [6.45, 7) is 0.365. The Hall–Kier alpha value is -3.34. The Labute approximate surface area is 238 Å². The summed E-state index contributed by atoms with van der Waals surface area (Å²) in [6, 6.07) is 14.4. The van der Waals surface area contributed by atoms with Gasteiger partial charge in [-0.1, -0.05) is 36.7 Å². The number of nitrogens with one attached hydrogen (secondary N) is 1. The van der Waals surface area contributed by atoms with Crippen LogP contribution in [0.15, 0.2) is 71.6 Å². The smallest absolute Gasteiger partial charge is 0.394 e. The number of benzene rings is 3. The second-order valence-electron chi connectivity index (χ2n) is 9.13. The first-order valence-electron chi connectivity index (χ1n) is 13.3. The van der Waals surface area contributed by atoms with Crippen molar-refractivity contribution in [1.82, 2.24) is 9.88 Å². The molecule has 0 unspecified atom stereocenters. The maximum Gasteiger partial charge on any atom is 0.416 e. The van der Waals surface area contributed by atoms with Crippen LogP contribution in [0.25, 0.3) is 10.9 Å². The number of sulfone groups is 1. The molecule has 1 atom stereocenters. The van der Waals surface area contributed by atoms with E-state index in [4.69, 9.17) is 14.3 Å². The third kappa shape index (κ3) is 6.19. The van der Waals surface area contributed by atoms with Gasteiger partial charge in [0.15, 0.2) is 9.84 Å². The number of rotatable bonds is 9. The molecule has 2 N–H and O–H groups in total. The summed E-state index contributed by atoms with van der Waals surface area (Å²) in [7, 11) is -3.42. The number of aryl methyl sites for hydroxylation is 1. The van der Waals surface area contributed by atoms with E-state index in [1.165, 1.54) is 73.0 Å². The standard InChI is InChI=1S/C29H28ClF3N2O4S/c1-3-35-23(14-19-5-9-22(30)16-25(19)29(31,32)33)15-21-13-20(8-12-27(21)35)28(37)34-26(17-36)18-6-10-24(11-7-18)40(38,39)4-2/h5-13,15-16,26,36H,3-4,14,17H2,1-2H3,(H,34,37)/t26-/m0/s1/i3D2. The number of fused-ring (bicyclic) bond motifs is 1. The fourth-order valence-corrected chi connectivity index (χ4v) is 5.58. The van der Waals surface area contributed by atoms with Crippen molar-refractivity contribution in [3.63, 3.8) is 0 Å². The zero-order valence-corrected chi connectivity index (χ0v) is 23.2. The highest BCUT2D eigenvalue weighted by Gasteiger charge is 2.33. The number of halogens is 4. The minimum atomic E-state index is -4.67. The summed E-state index contributed by atoms with van der Waals surface area (Å²) in [5.74, 6) is -0.631. The Kier molecular flexibility index (Phi) is 7.82. The summed E-state index contributed by atoms with van der Waals surface area (Å²) < 4.78 is 83.3. The van der Waals surface area contributed by atoms with E-state index in [0.29, 0.717) is 16.5 Å². The van der Waals surface area contributed by atoms with Crippen LogP contribution in [0.3, 0.4) is 0 Å². The lowest BCUT2D eigenvalue weighted by Crippen LogP contribution is -2.30. The van der Waals surface area contributed by atoms with E-state index in [2.05, 4.69) is 5.32 Å². The monoisotopic (exact) mass is 594 g/mol. The molecule has 0 spiro atoms. The number of aliphatic hydroxyl groups is 1. The van der Waals surface area contributed by atoms with Gasteiger partial charge in [-0.15, -0.1) is 0 Å². The molecule has 1 heterocycles. The largest absolute Gasteiger partial charge is 0.416 e. The predicted octanol–water partition coefficient (Wildman–Crippen LogP) is 6.18. The number of carbonyl (C=O) groups is 1. The molecule has 212 valence electrons. The van der Waals surface area contributed by atoms with Crippen molar-refractivity contribution in [3.05, 3.63) is 99.7 Å². The van der Waals surface area contributed by atoms with E-state index in [1.807, 2.05) is 0 Å². The van der Waals surface area contributed by atoms with Crippen LogP contribution in [0.2, 0.25) is 5.02 Å². The van der Waals surface area contributed by atoms with Crippen LogP contribution in [0.4, 0.5) is 13.2 Å². The van der Waals surface area contributed by atoms with Crippen LogP contribution in [-0.4, -0.2) is 36.4 Å². The number of carbonyl (C=O) groups excluding carboxylic acids is 1. The summed E-state index contributed by atoms with van der Waals surface area (Å²) in [5.41, 5.74) is 0.300. The van der Waals surface area contributed by atoms with Gasteiger partial charge in [0.2, 0.25) is 0 Å². The number of hydrogen-bond donors (Lipinski definition) is 2. The number of aliphatic hydroxyl groups excluding tert-OH is 1. The van der Waals surface area contributed by atoms with Gasteiger partial charge < -0.3 is 15.0 Å². The van der Waals surface area contributed by atoms with Gasteiger partial charge in [0.25, 0.3) is 5.91 Å². The van der Waals surface area contributed by atoms with Crippen LogP contribution in [-0.2, 0) is 28.9 Å². The van der Waals surface area contributed by atoms with Crippen molar-refractivity contribution < 1.29 is 34.2 Å². The zero-order valence-electron chi connectivity index (χ0n) is 23.6. The number of amides is 1. The first-order valence-corrected chi connectivity index (χ1v) is 14.3. The van der Waals surface area contributed by atoms with E-state index >= 15 is 0 Å². The third-order valence-corrected chi connectivity index (χ3v) is 8.61. The van der Waals surface area contributed by atoms with Gasteiger partial charge in [-0.25, -0.2) is 8.42 Å². The van der Waals surface area contributed by atoms with Gasteiger partial charge in [-0.05, 0) is 66.6 Å². The van der Waals surface area contributed by atoms with Crippen LogP contribution in [0.1, 0.15) is 55.4 Å². The normalized spacial score (nSPS) is 14.1. The van der Waals surface area contributed by atoms with Crippen molar-refractivity contribution in [3.8, 4) is 0 Å². The highest BCUT2D eigenvalue weighted by Crippen LogP contribution is 2.35. The molecule has 4 aromatic rings. The second kappa shape index (κ2) is 11.6. The van der Waals surface area contributed by atoms with Crippen LogP contribution in [0.5, 0.6) is 0 Å². The summed E-state index contributed by atoms with van der Waals surface area (Å²) in [4.78, 5) is 13.3. The zero-order chi connectivity index (χ0) is 31.0. The molecular formula is C29H28ClF3N2O4S. The van der Waals surface area contributed by atoms with Gasteiger partial charge in [0, 0.05) is 42.8 Å². The second-order valence-corrected chi connectivity index (χ2v) is 11.8. The molecule has 0 aliphatic rings. The molecule has 0 saturated carbocycles. The predicted molar refractivity (Wildman–Crippen MR) is 148 cm³/mol. The van der Waals surface area contributed by atoms with Gasteiger partial charge in [0.1, 0.15) is 0 Å². The average molecular weight is 595 g/mol. The van der Waals surface area contributed by atoms with E-state index in [9.17, 15) is 31.5 Å². The Balaban J connectivity index is 1.67. The lowest BCUT2D eigenvalue weighted by molar-refractivity contribution is -0.138. The molecule has 3 aromatic carbocycles. The van der Waals surface area contributed by atoms with Gasteiger partial charge >= 0.3 is 6.18 Å². The van der Waals surface area contributed by atoms with Crippen molar-refractivity contribution >= 4 is 38.2 Å². The number of nitrogens with zero attached hydrogens (tertiary/aromatic N) is 1. The fraction of sp³-hybridized carbons (Fsp3) is 0.276. The third-order valence-electron chi connectivity index (χ3n) is 6.62. The maximum atomic E-state index is 13.7. The molecule has 0 fully saturated rings. The van der Waals surface area contributed by atoms with Gasteiger partial charge in [0.05, 0.1) is 28.9 Å². The molecule has 0 aliphatic heterocycles. The molecule has 11 heteroatoms. The van der Waals surface area contributed by atoms with E-state index < -0.39 is 46.6 Å². The summed E-state index contributed by atoms with van der Waals surface area (Å²) in [5, 5.41) is 13.0. The lowest BCUT2D eigenvalue weighted by atomic mass is 10.0. The molecular weight excluding hydrogens is 565 g/mol. The number of aromatic nitrogens is 1. The van der Waals surface area contributed by atoms with E-state index in [-0.39, 0.29) is 38.9 Å². The molecule has 1 amide bonds. The molecule has 0 bridgehead atoms. The molecule has 6 nitrogen and oxygen atoms in total. The van der Waals surface area contributed by atoms with Crippen molar-refractivity contribution in [2.75, 3.05) is 12.4 Å². The molecule has 0 radical (unpaired) electrons.